The van der Waals surface area contributed by atoms with Crippen LogP contribution in [0.5, 0.6) is 5.75 Å². The van der Waals surface area contributed by atoms with Gasteiger partial charge in [-0.2, -0.15) is 0 Å². The molecule has 302 valence electrons. The van der Waals surface area contributed by atoms with Crippen molar-refractivity contribution in [2.75, 3.05) is 0 Å². The van der Waals surface area contributed by atoms with Gasteiger partial charge in [-0.1, -0.05) is 12.1 Å². The van der Waals surface area contributed by atoms with Crippen molar-refractivity contribution in [2.24, 2.45) is 0 Å². The highest BCUT2D eigenvalue weighted by molar-refractivity contribution is 6.27. The molecule has 54 heavy (non-hydrogen) atoms. The highest BCUT2D eigenvalue weighted by Gasteiger charge is 2.40. The van der Waals surface area contributed by atoms with E-state index in [4.69, 9.17) is 91.3 Å². The first kappa shape index (κ1) is 55.7. The van der Waals surface area contributed by atoms with E-state index in [0.717, 1.165) is 0 Å². The molecular formula is C26H30O28. The van der Waals surface area contributed by atoms with Crippen LogP contribution >= 0.6 is 0 Å². The Hall–Kier alpha value is -7.72. The molecule has 0 aliphatic rings. The lowest BCUT2D eigenvalue weighted by Gasteiger charge is -2.18. The molecule has 2 unspecified atom stereocenters. The normalized spacial score (nSPS) is 10.5. The van der Waals surface area contributed by atoms with Crippen LogP contribution < -0.4 is 0 Å². The first-order chi connectivity index (χ1) is 24.4. The van der Waals surface area contributed by atoms with Gasteiger partial charge in [-0.15, -0.1) is 0 Å². The van der Waals surface area contributed by atoms with Crippen molar-refractivity contribution in [1.82, 2.24) is 0 Å². The third-order valence-electron chi connectivity index (χ3n) is 4.08. The molecule has 0 aromatic heterocycles. The average Bonchev–Trinajstić information content (AvgIpc) is 2.99. The molecule has 0 bridgehead atoms. The zero-order valence-electron chi connectivity index (χ0n) is 26.3. The molecule has 0 fully saturated rings. The van der Waals surface area contributed by atoms with Crippen LogP contribution in [0.15, 0.2) is 36.4 Å². The summed E-state index contributed by atoms with van der Waals surface area (Å²) in [5.41, 5.74) is -2.81. The molecule has 16 N–H and O–H groups in total. The van der Waals surface area contributed by atoms with Gasteiger partial charge in [0, 0.05) is 12.2 Å². The summed E-state index contributed by atoms with van der Waals surface area (Å²) in [6.45, 7) is 0. The minimum Gasteiger partial charge on any atom is -0.507 e. The third-order valence-corrected chi connectivity index (χ3v) is 4.08. The smallest absolute Gasteiger partial charge is 0.414 e. The number of aliphatic hydroxyl groups is 3. The molecule has 1 rings (SSSR count). The molecular weight excluding hydrogens is 760 g/mol. The summed E-state index contributed by atoms with van der Waals surface area (Å²) in [6, 6.07) is 5.81. The van der Waals surface area contributed by atoms with E-state index in [1.54, 1.807) is 12.1 Å². The van der Waals surface area contributed by atoms with Crippen molar-refractivity contribution in [1.29, 1.82) is 0 Å². The molecule has 0 amide bonds. The highest BCUT2D eigenvalue weighted by atomic mass is 16.5. The monoisotopic (exact) mass is 790 g/mol. The van der Waals surface area contributed by atoms with Gasteiger partial charge in [0.05, 0.1) is 12.8 Å². The minimum atomic E-state index is -2.74. The SMILES string of the molecule is O=C(O)C(=O)O.O=C(O)C(O)C(O)C(=O)O.O=C(O)C=CC(=O)O.O=C(O)CC(=O)O.O=C(O)CC(O)(CC(=O)O)C(=O)O.O=C(O)c1ccccc1O. The molecule has 2 atom stereocenters. The van der Waals surface area contributed by atoms with Crippen molar-refractivity contribution >= 4 is 71.6 Å². The number of hydrogen-bond acceptors (Lipinski definition) is 16. The fourth-order valence-corrected chi connectivity index (χ4v) is 1.91. The van der Waals surface area contributed by atoms with E-state index >= 15 is 0 Å². The van der Waals surface area contributed by atoms with Crippen LogP contribution in [-0.2, 0) is 52.7 Å². The number of carboxylic acids is 12. The summed E-state index contributed by atoms with van der Waals surface area (Å²) in [7, 11) is 0. The van der Waals surface area contributed by atoms with E-state index in [1.165, 1.54) is 12.1 Å². The summed E-state index contributed by atoms with van der Waals surface area (Å²) < 4.78 is 0. The lowest BCUT2D eigenvalue weighted by atomic mass is 9.96. The lowest BCUT2D eigenvalue weighted by molar-refractivity contribution is -0.170. The second-order valence-corrected chi connectivity index (χ2v) is 8.45. The molecule has 0 heterocycles. The number of hydrogen-bond donors (Lipinski definition) is 16. The quantitative estimate of drug-likeness (QED) is 0.0516. The van der Waals surface area contributed by atoms with Gasteiger partial charge < -0.3 is 81.7 Å². The number of aromatic carboxylic acids is 1. The summed E-state index contributed by atoms with van der Waals surface area (Å²) >= 11 is 0. The Morgan fingerprint density at radius 1 is 0.537 bits per heavy atom. The number of phenols is 1. The Labute approximate surface area is 296 Å². The van der Waals surface area contributed by atoms with Gasteiger partial charge in [-0.05, 0) is 12.1 Å². The zero-order chi connectivity index (χ0) is 44.1. The van der Waals surface area contributed by atoms with Crippen LogP contribution in [0.2, 0.25) is 0 Å². The van der Waals surface area contributed by atoms with Crippen molar-refractivity contribution in [3.63, 3.8) is 0 Å². The van der Waals surface area contributed by atoms with Gasteiger partial charge in [0.25, 0.3) is 0 Å². The molecule has 0 saturated heterocycles. The third kappa shape index (κ3) is 35.6. The molecule has 0 aliphatic carbocycles. The van der Waals surface area contributed by atoms with Crippen molar-refractivity contribution in [2.45, 2.75) is 37.1 Å². The molecule has 0 saturated carbocycles. The average molecular weight is 790 g/mol. The van der Waals surface area contributed by atoms with E-state index < -0.39 is 109 Å². The first-order valence-corrected chi connectivity index (χ1v) is 12.6. The largest absolute Gasteiger partial charge is 0.507 e. The van der Waals surface area contributed by atoms with Gasteiger partial charge in [0.15, 0.2) is 17.8 Å². The van der Waals surface area contributed by atoms with E-state index in [0.29, 0.717) is 12.2 Å². The standard InChI is InChI=1S/C7H6O3.C6H8O7.C4H6O6.C4H4O4.C3H4O4.C2H2O4/c8-6-4-2-1-3-5(6)7(9)10;7-3(8)1-6(13,5(11)12)2-4(9)10;5-1(3(7)8)2(6)4(9)10;5-3(6)1-2-4(7)8;4-2(5)1-3(6)7;3-1(4)2(5)6/h1-4,8H,(H,9,10);13H,1-2H2,(H,7,8)(H,9,10)(H,11,12);1-2,5-6H,(H,7,8)(H,9,10);1-2H,(H,5,6)(H,7,8);1H2,(H,4,5)(H,6,7);(H,3,4)(H,5,6). The number of para-hydroxylation sites is 1. The van der Waals surface area contributed by atoms with Crippen LogP contribution in [0.1, 0.15) is 29.6 Å². The maximum Gasteiger partial charge on any atom is 0.414 e. The minimum absolute atomic E-state index is 0.0671. The van der Waals surface area contributed by atoms with Crippen molar-refractivity contribution in [3.8, 4) is 5.75 Å². The Balaban J connectivity index is -0.000000181. The highest BCUT2D eigenvalue weighted by Crippen LogP contribution is 2.16. The molecule has 28 nitrogen and oxygen atoms in total. The summed E-state index contributed by atoms with van der Waals surface area (Å²) in [6.07, 6.45) is -6.51. The summed E-state index contributed by atoms with van der Waals surface area (Å²) in [4.78, 5) is 116. The van der Waals surface area contributed by atoms with Gasteiger partial charge in [-0.3, -0.25) is 19.2 Å². The van der Waals surface area contributed by atoms with Crippen LogP contribution in [0.4, 0.5) is 0 Å². The van der Waals surface area contributed by atoms with E-state index in [-0.39, 0.29) is 11.3 Å². The van der Waals surface area contributed by atoms with E-state index in [1.807, 2.05) is 0 Å². The second-order valence-electron chi connectivity index (χ2n) is 8.45. The van der Waals surface area contributed by atoms with Crippen LogP contribution in [-0.4, -0.2) is 171 Å². The van der Waals surface area contributed by atoms with Crippen molar-refractivity contribution < 1.29 is 139 Å². The maximum absolute atomic E-state index is 10.3. The molecule has 1 aromatic carbocycles. The van der Waals surface area contributed by atoms with Gasteiger partial charge >= 0.3 is 71.6 Å². The Kier molecular flexibility index (Phi) is 30.0. The topological polar surface area (TPSA) is 529 Å². The fraction of sp³-hybridized carbons (Fsp3) is 0.231. The number of rotatable bonds is 13. The number of aliphatic hydroxyl groups excluding tert-OH is 2. The second kappa shape index (κ2) is 29.1. The maximum atomic E-state index is 10.3. The Morgan fingerprint density at radius 2 is 0.852 bits per heavy atom. The Morgan fingerprint density at radius 3 is 1.00 bits per heavy atom. The van der Waals surface area contributed by atoms with Crippen LogP contribution in [0.25, 0.3) is 0 Å². The van der Waals surface area contributed by atoms with Gasteiger partial charge in [0.1, 0.15) is 17.7 Å². The number of aliphatic carboxylic acids is 11. The molecule has 0 radical (unpaired) electrons. The summed E-state index contributed by atoms with van der Waals surface area (Å²) in [5, 5.41) is 129. The number of carbonyl (C=O) groups is 12. The van der Waals surface area contributed by atoms with E-state index in [2.05, 4.69) is 0 Å². The predicted molar refractivity (Wildman–Crippen MR) is 159 cm³/mol. The summed E-state index contributed by atoms with van der Waals surface area (Å²) in [5.74, 6) is -18.7. The fourth-order valence-electron chi connectivity index (χ4n) is 1.91. The van der Waals surface area contributed by atoms with Crippen LogP contribution in [0, 0.1) is 0 Å². The Bertz CT molecular complexity index is 1460. The number of aromatic hydroxyl groups is 1. The number of carboxylic acid groups (broad SMARTS) is 12. The van der Waals surface area contributed by atoms with E-state index in [9.17, 15) is 47.9 Å². The zero-order valence-corrected chi connectivity index (χ0v) is 26.3. The molecule has 0 spiro atoms. The molecule has 28 heteroatoms. The predicted octanol–water partition coefficient (Wildman–Crippen LogP) is -3.87. The molecule has 0 aliphatic heterocycles. The number of benzene rings is 1. The van der Waals surface area contributed by atoms with Crippen molar-refractivity contribution in [3.05, 3.63) is 42.0 Å². The lowest BCUT2D eigenvalue weighted by Crippen LogP contribution is -2.42. The first-order valence-electron chi connectivity index (χ1n) is 12.6. The van der Waals surface area contributed by atoms with Gasteiger partial charge in [0.2, 0.25) is 0 Å². The molecule has 1 aromatic rings. The van der Waals surface area contributed by atoms with Gasteiger partial charge in [-0.25, -0.2) is 38.4 Å². The van der Waals surface area contributed by atoms with Crippen LogP contribution in [0.3, 0.4) is 0 Å².